The van der Waals surface area contributed by atoms with Gasteiger partial charge in [-0.1, -0.05) is 24.3 Å². The van der Waals surface area contributed by atoms with E-state index in [0.29, 0.717) is 6.54 Å². The largest absolute Gasteiger partial charge is 0.395 e. The van der Waals surface area contributed by atoms with E-state index >= 15 is 0 Å². The van der Waals surface area contributed by atoms with Crippen molar-refractivity contribution in [2.24, 2.45) is 0 Å². The molecule has 2 N–H and O–H groups in total. The third-order valence-electron chi connectivity index (χ3n) is 6.14. The first-order valence-electron chi connectivity index (χ1n) is 9.27. The summed E-state index contributed by atoms with van der Waals surface area (Å²) in [5, 5.41) is 20.7. The minimum Gasteiger partial charge on any atom is -0.395 e. The Kier molecular flexibility index (Phi) is 4.65. The van der Waals surface area contributed by atoms with Crippen LogP contribution in [-0.2, 0) is 5.41 Å². The molecular weight excluding hydrogens is 328 g/mol. The van der Waals surface area contributed by atoms with Crippen molar-refractivity contribution in [3.8, 4) is 0 Å². The van der Waals surface area contributed by atoms with E-state index in [9.17, 15) is 10.2 Å². The summed E-state index contributed by atoms with van der Waals surface area (Å²) in [5.41, 5.74) is 2.23. The van der Waals surface area contributed by atoms with Crippen molar-refractivity contribution in [3.63, 3.8) is 0 Å². The molecule has 1 aromatic heterocycles. The van der Waals surface area contributed by atoms with Crippen LogP contribution in [0.5, 0.6) is 0 Å². The molecule has 0 saturated carbocycles. The molecule has 1 aliphatic carbocycles. The van der Waals surface area contributed by atoms with Crippen LogP contribution in [0.4, 0.5) is 5.82 Å². The summed E-state index contributed by atoms with van der Waals surface area (Å²) in [6.07, 6.45) is 6.50. The maximum Gasteiger partial charge on any atom is 0.147 e. The summed E-state index contributed by atoms with van der Waals surface area (Å²) in [5.74, 6) is 0.900. The van der Waals surface area contributed by atoms with Gasteiger partial charge in [0.15, 0.2) is 0 Å². The van der Waals surface area contributed by atoms with E-state index in [-0.39, 0.29) is 18.1 Å². The summed E-state index contributed by atoms with van der Waals surface area (Å²) in [6.45, 7) is 2.34. The molecule has 2 heterocycles. The molecule has 1 spiro atoms. The van der Waals surface area contributed by atoms with Crippen LogP contribution in [0.15, 0.2) is 42.9 Å². The van der Waals surface area contributed by atoms with Crippen molar-refractivity contribution >= 4 is 5.82 Å². The molecule has 2 atom stereocenters. The maximum absolute atomic E-state index is 11.4. The van der Waals surface area contributed by atoms with Gasteiger partial charge in [0.1, 0.15) is 5.82 Å². The molecule has 138 valence electrons. The second-order valence-corrected chi connectivity index (χ2v) is 7.39. The number of nitrogens with zero attached hydrogens (tertiary/aromatic N) is 4. The number of rotatable bonds is 4. The molecule has 1 fully saturated rings. The third-order valence-corrected chi connectivity index (χ3v) is 6.14. The van der Waals surface area contributed by atoms with Crippen LogP contribution in [0.2, 0.25) is 0 Å². The number of fused-ring (bicyclic) bond motifs is 2. The Labute approximate surface area is 154 Å². The molecule has 6 heteroatoms. The molecule has 1 aliphatic heterocycles. The topological polar surface area (TPSA) is 72.7 Å². The first-order chi connectivity index (χ1) is 12.7. The molecule has 0 radical (unpaired) electrons. The van der Waals surface area contributed by atoms with E-state index in [1.807, 2.05) is 13.1 Å². The molecule has 0 amide bonds. The summed E-state index contributed by atoms with van der Waals surface area (Å²) in [4.78, 5) is 12.9. The van der Waals surface area contributed by atoms with Crippen LogP contribution < -0.4 is 4.90 Å². The van der Waals surface area contributed by atoms with Crippen LogP contribution in [0.1, 0.15) is 30.0 Å². The first kappa shape index (κ1) is 17.4. The molecular formula is C20H26N4O2. The summed E-state index contributed by atoms with van der Waals surface area (Å²) in [6, 6.07) is 8.33. The molecule has 0 bridgehead atoms. The standard InChI is InChI=1S/C20H26N4O2/c1-23(12-13-25)18-15-4-2-3-5-16(15)20(19(18)26)6-10-24(11-7-20)17-14-21-8-9-22-17/h2-5,8-9,14,18-19,25-26H,6-7,10-13H2,1H3/t18-,19+/m0/s1. The van der Waals surface area contributed by atoms with Gasteiger partial charge in [0, 0.05) is 37.4 Å². The van der Waals surface area contributed by atoms with Gasteiger partial charge in [0.05, 0.1) is 24.9 Å². The number of aliphatic hydroxyl groups is 2. The number of anilines is 1. The Bertz CT molecular complexity index is 746. The fraction of sp³-hybridized carbons (Fsp3) is 0.500. The second-order valence-electron chi connectivity index (χ2n) is 7.39. The monoisotopic (exact) mass is 354 g/mol. The lowest BCUT2D eigenvalue weighted by Crippen LogP contribution is -2.50. The molecule has 0 unspecified atom stereocenters. The molecule has 6 nitrogen and oxygen atoms in total. The highest BCUT2D eigenvalue weighted by molar-refractivity contribution is 5.47. The van der Waals surface area contributed by atoms with E-state index in [2.05, 4.69) is 38.0 Å². The second kappa shape index (κ2) is 6.95. The third kappa shape index (κ3) is 2.69. The van der Waals surface area contributed by atoms with E-state index in [0.717, 1.165) is 31.7 Å². The Morgan fingerprint density at radius 3 is 2.69 bits per heavy atom. The minimum absolute atomic E-state index is 0.0681. The van der Waals surface area contributed by atoms with Gasteiger partial charge in [0.25, 0.3) is 0 Å². The van der Waals surface area contributed by atoms with Crippen LogP contribution in [0, 0.1) is 0 Å². The molecule has 2 aromatic rings. The van der Waals surface area contributed by atoms with E-state index in [4.69, 9.17) is 0 Å². The molecule has 1 aromatic carbocycles. The summed E-state index contributed by atoms with van der Waals surface area (Å²) in [7, 11) is 1.98. The van der Waals surface area contributed by atoms with Gasteiger partial charge in [-0.25, -0.2) is 4.98 Å². The summed E-state index contributed by atoms with van der Waals surface area (Å²) >= 11 is 0. The molecule has 26 heavy (non-hydrogen) atoms. The van der Waals surface area contributed by atoms with Crippen molar-refractivity contribution in [3.05, 3.63) is 54.0 Å². The number of aliphatic hydroxyl groups excluding tert-OH is 2. The van der Waals surface area contributed by atoms with Crippen molar-refractivity contribution in [1.29, 1.82) is 0 Å². The number of likely N-dealkylation sites (N-methyl/N-ethyl adjacent to an activating group) is 1. The Morgan fingerprint density at radius 1 is 1.23 bits per heavy atom. The van der Waals surface area contributed by atoms with Gasteiger partial charge in [-0.2, -0.15) is 0 Å². The number of hydrogen-bond donors (Lipinski definition) is 2. The van der Waals surface area contributed by atoms with Gasteiger partial charge in [0.2, 0.25) is 0 Å². The Balaban J connectivity index is 1.63. The van der Waals surface area contributed by atoms with Crippen LogP contribution >= 0.6 is 0 Å². The lowest BCUT2D eigenvalue weighted by atomic mass is 9.72. The lowest BCUT2D eigenvalue weighted by Gasteiger charge is -2.43. The van der Waals surface area contributed by atoms with Crippen molar-refractivity contribution < 1.29 is 10.2 Å². The highest BCUT2D eigenvalue weighted by Gasteiger charge is 2.53. The van der Waals surface area contributed by atoms with Crippen molar-refractivity contribution in [2.75, 3.05) is 38.2 Å². The average Bonchev–Trinajstić information content (AvgIpc) is 2.92. The number of piperidine rings is 1. The highest BCUT2D eigenvalue weighted by atomic mass is 16.3. The molecule has 4 rings (SSSR count). The first-order valence-corrected chi connectivity index (χ1v) is 9.27. The Hall–Kier alpha value is -2.02. The average molecular weight is 354 g/mol. The van der Waals surface area contributed by atoms with Gasteiger partial charge in [-0.15, -0.1) is 0 Å². The smallest absolute Gasteiger partial charge is 0.147 e. The predicted molar refractivity (Wildman–Crippen MR) is 100 cm³/mol. The summed E-state index contributed by atoms with van der Waals surface area (Å²) < 4.78 is 0. The van der Waals surface area contributed by atoms with Crippen molar-refractivity contribution in [2.45, 2.75) is 30.4 Å². The van der Waals surface area contributed by atoms with Crippen molar-refractivity contribution in [1.82, 2.24) is 14.9 Å². The van der Waals surface area contributed by atoms with Crippen LogP contribution in [0.25, 0.3) is 0 Å². The van der Waals surface area contributed by atoms with E-state index < -0.39 is 6.10 Å². The predicted octanol–water partition coefficient (Wildman–Crippen LogP) is 1.35. The number of hydrogen-bond acceptors (Lipinski definition) is 6. The van der Waals surface area contributed by atoms with Crippen LogP contribution in [-0.4, -0.2) is 64.5 Å². The highest BCUT2D eigenvalue weighted by Crippen LogP contribution is 2.52. The minimum atomic E-state index is -0.472. The van der Waals surface area contributed by atoms with E-state index in [1.165, 1.54) is 11.1 Å². The zero-order chi connectivity index (χ0) is 18.1. The number of aromatic nitrogens is 2. The van der Waals surface area contributed by atoms with Gasteiger partial charge in [-0.3, -0.25) is 9.88 Å². The normalized spacial score (nSPS) is 24.2. The number of benzene rings is 1. The van der Waals surface area contributed by atoms with Gasteiger partial charge < -0.3 is 15.1 Å². The van der Waals surface area contributed by atoms with Gasteiger partial charge >= 0.3 is 0 Å². The molecule has 2 aliphatic rings. The SMILES string of the molecule is CN(CCO)[C@H]1c2ccccc2C2(CCN(c3cnccn3)CC2)[C@@H]1O. The Morgan fingerprint density at radius 2 is 2.00 bits per heavy atom. The van der Waals surface area contributed by atoms with Gasteiger partial charge in [-0.05, 0) is 31.0 Å². The lowest BCUT2D eigenvalue weighted by molar-refractivity contribution is 0.00488. The maximum atomic E-state index is 11.4. The van der Waals surface area contributed by atoms with E-state index in [1.54, 1.807) is 18.6 Å². The fourth-order valence-corrected chi connectivity index (χ4v) is 4.77. The zero-order valence-electron chi connectivity index (χ0n) is 15.1. The van der Waals surface area contributed by atoms with Crippen LogP contribution in [0.3, 0.4) is 0 Å². The quantitative estimate of drug-likeness (QED) is 0.864. The fourth-order valence-electron chi connectivity index (χ4n) is 4.77. The zero-order valence-corrected chi connectivity index (χ0v) is 15.1. The molecule has 1 saturated heterocycles.